The number of hydrogen-bond acceptors (Lipinski definition) is 3. The molecule has 0 unspecified atom stereocenters. The molecule has 0 aromatic heterocycles. The molecule has 2 aromatic rings. The van der Waals surface area contributed by atoms with Crippen LogP contribution in [-0.2, 0) is 11.4 Å². The van der Waals surface area contributed by atoms with Crippen LogP contribution in [0.5, 0.6) is 0 Å². The van der Waals surface area contributed by atoms with Crippen LogP contribution < -0.4 is 0 Å². The molecule has 2 nitrogen and oxygen atoms in total. The largest absolute Gasteiger partial charge is 0.259 e. The molecule has 0 bridgehead atoms. The van der Waals surface area contributed by atoms with E-state index < -0.39 is 0 Å². The van der Waals surface area contributed by atoms with E-state index in [1.807, 2.05) is 59.8 Å². The monoisotopic (exact) mass is 493 g/mol. The molecule has 35 heavy (non-hydrogen) atoms. The molecule has 0 saturated heterocycles. The molecule has 0 spiro atoms. The summed E-state index contributed by atoms with van der Waals surface area (Å²) >= 11 is 3.71. The maximum atomic E-state index is 4.78. The molecule has 4 rings (SSSR count). The van der Waals surface area contributed by atoms with Gasteiger partial charge in [-0.05, 0) is 49.3 Å². The average Bonchev–Trinajstić information content (AvgIpc) is 2.89. The van der Waals surface area contributed by atoms with Crippen molar-refractivity contribution < 1.29 is 0 Å². The Balaban J connectivity index is 1.31. The van der Waals surface area contributed by atoms with Crippen molar-refractivity contribution in [1.29, 1.82) is 0 Å². The maximum absolute atomic E-state index is 4.78. The molecule has 0 amide bonds. The Labute approximate surface area is 217 Å². The number of rotatable bonds is 9. The molecular formula is C31H29N2S2+. The van der Waals surface area contributed by atoms with Crippen molar-refractivity contribution >= 4 is 40.4 Å². The zero-order chi connectivity index (χ0) is 24.3. The highest BCUT2D eigenvalue weighted by Gasteiger charge is 2.14. The van der Waals surface area contributed by atoms with Crippen LogP contribution in [0.1, 0.15) is 35.1 Å². The molecule has 174 valence electrons. The topological polar surface area (TPSA) is 24.7 Å². The van der Waals surface area contributed by atoms with Gasteiger partial charge in [-0.1, -0.05) is 59.7 Å². The van der Waals surface area contributed by atoms with Gasteiger partial charge in [0.2, 0.25) is 0 Å². The number of allylic oxidation sites excluding steroid dienone is 4. The summed E-state index contributed by atoms with van der Waals surface area (Å²) < 4.78 is 0. The molecule has 2 aliphatic carbocycles. The number of aryl methyl sites for hydroxylation is 2. The van der Waals surface area contributed by atoms with E-state index in [9.17, 15) is 0 Å². The van der Waals surface area contributed by atoms with Gasteiger partial charge in [0.1, 0.15) is 5.70 Å². The van der Waals surface area contributed by atoms with Crippen molar-refractivity contribution in [3.8, 4) is 0 Å². The minimum Gasteiger partial charge on any atom is -0.259 e. The third-order valence-electron chi connectivity index (χ3n) is 5.40. The summed E-state index contributed by atoms with van der Waals surface area (Å²) in [6.45, 7) is 4.20. The van der Waals surface area contributed by atoms with Crippen molar-refractivity contribution in [2.24, 2.45) is 9.98 Å². The summed E-state index contributed by atoms with van der Waals surface area (Å²) in [5, 5.41) is 0. The second kappa shape index (κ2) is 13.0. The van der Waals surface area contributed by atoms with Crippen LogP contribution in [-0.4, -0.2) is 28.8 Å². The van der Waals surface area contributed by atoms with Crippen molar-refractivity contribution in [3.63, 3.8) is 0 Å². The third-order valence-corrected chi connectivity index (χ3v) is 7.69. The summed E-state index contributed by atoms with van der Waals surface area (Å²) in [5.74, 6) is 2.08. The number of aliphatic imine (C=N–C) groups is 2. The second-order valence-electron chi connectivity index (χ2n) is 8.31. The van der Waals surface area contributed by atoms with Gasteiger partial charge in [-0.25, -0.2) is 0 Å². The van der Waals surface area contributed by atoms with E-state index >= 15 is 0 Å². The molecule has 0 saturated carbocycles. The van der Waals surface area contributed by atoms with Crippen LogP contribution in [0, 0.1) is 13.8 Å². The normalized spacial score (nSPS) is 16.3. The van der Waals surface area contributed by atoms with Gasteiger partial charge in [-0.2, -0.15) is 0 Å². The zero-order valence-corrected chi connectivity index (χ0v) is 21.8. The lowest BCUT2D eigenvalue weighted by atomic mass is 10.2. The van der Waals surface area contributed by atoms with Gasteiger partial charge in [0, 0.05) is 42.0 Å². The average molecular weight is 494 g/mol. The Morgan fingerprint density at radius 3 is 2.29 bits per heavy atom. The minimum atomic E-state index is 0.831. The molecule has 0 fully saturated rings. The van der Waals surface area contributed by atoms with E-state index in [4.69, 9.17) is 9.98 Å². The molecule has 0 radical (unpaired) electrons. The van der Waals surface area contributed by atoms with Gasteiger partial charge >= 0.3 is 0 Å². The molecule has 2 aromatic carbocycles. The first-order chi connectivity index (χ1) is 17.2. The Morgan fingerprint density at radius 1 is 0.886 bits per heavy atom. The predicted octanol–water partition coefficient (Wildman–Crippen LogP) is 7.16. The first-order valence-electron chi connectivity index (χ1n) is 11.8. The number of nitrogens with zero attached hydrogens (tertiary/aromatic N) is 2. The third kappa shape index (κ3) is 7.89. The molecule has 0 N–H and O–H groups in total. The van der Waals surface area contributed by atoms with E-state index in [-0.39, 0.29) is 0 Å². The quantitative estimate of drug-likeness (QED) is 0.120. The Bertz CT molecular complexity index is 1320. The molecule has 0 aliphatic heterocycles. The summed E-state index contributed by atoms with van der Waals surface area (Å²) in [7, 11) is 0. The number of thioether (sulfide) groups is 1. The highest BCUT2D eigenvalue weighted by Crippen LogP contribution is 2.27. The smallest absolute Gasteiger partial charge is 0.257 e. The van der Waals surface area contributed by atoms with E-state index in [0.29, 0.717) is 0 Å². The number of hydrogen-bond donors (Lipinski definition) is 0. The number of benzene rings is 2. The zero-order valence-electron chi connectivity index (χ0n) is 20.2. The lowest BCUT2D eigenvalue weighted by Crippen LogP contribution is -2.03. The first kappa shape index (κ1) is 24.9. The fourth-order valence-electron chi connectivity index (χ4n) is 3.37. The Hall–Kier alpha value is -3.26. The summed E-state index contributed by atoms with van der Waals surface area (Å²) in [6, 6.07) is 16.9. The van der Waals surface area contributed by atoms with Crippen molar-refractivity contribution in [1.82, 2.24) is 0 Å². The molecule has 0 atom stereocenters. The summed E-state index contributed by atoms with van der Waals surface area (Å²) in [4.78, 5) is 11.9. The van der Waals surface area contributed by atoms with Gasteiger partial charge in [0.05, 0.1) is 5.70 Å². The van der Waals surface area contributed by atoms with Crippen LogP contribution >= 0.6 is 11.8 Å². The highest BCUT2D eigenvalue weighted by molar-refractivity contribution is 8.03. The van der Waals surface area contributed by atoms with Crippen LogP contribution in [0.3, 0.4) is 0 Å². The maximum Gasteiger partial charge on any atom is 0.257 e. The van der Waals surface area contributed by atoms with Crippen molar-refractivity contribution in [3.05, 3.63) is 129 Å². The standard InChI is InChI=1S/C31H29N2S2/c1-24-12-16-26(17-13-24)22-32-28-8-3-5-10-30(28)34-20-7-21-35-31-11-6-4-9-29(31)33-23-27-18-14-25(2)15-19-27/h3-4,8,10-19,22-23H,7,9,20-21H2,1-2H3/q+1. The second-order valence-corrected chi connectivity index (χ2v) is 10.6. The van der Waals surface area contributed by atoms with Crippen molar-refractivity contribution in [2.45, 2.75) is 26.7 Å². The summed E-state index contributed by atoms with van der Waals surface area (Å²) in [5.41, 5.74) is 13.3. The lowest BCUT2D eigenvalue weighted by molar-refractivity contribution is 1.12. The summed E-state index contributed by atoms with van der Waals surface area (Å²) in [6.07, 6.45) is 15.9. The predicted molar refractivity (Wildman–Crippen MR) is 157 cm³/mol. The Kier molecular flexibility index (Phi) is 9.23. The fraction of sp³-hybridized carbons (Fsp3) is 0.194. The van der Waals surface area contributed by atoms with E-state index in [1.54, 1.807) is 0 Å². The van der Waals surface area contributed by atoms with Crippen LogP contribution in [0.4, 0.5) is 0 Å². The van der Waals surface area contributed by atoms with Gasteiger partial charge in [-0.15, -0.1) is 23.2 Å². The van der Waals surface area contributed by atoms with Gasteiger partial charge in [-0.3, -0.25) is 9.98 Å². The minimum absolute atomic E-state index is 0.831. The van der Waals surface area contributed by atoms with Crippen LogP contribution in [0.15, 0.2) is 117 Å². The first-order valence-corrected chi connectivity index (χ1v) is 13.8. The van der Waals surface area contributed by atoms with E-state index in [2.05, 4.69) is 79.9 Å². The van der Waals surface area contributed by atoms with Crippen molar-refractivity contribution in [2.75, 3.05) is 11.5 Å². The molecule has 2 aliphatic rings. The fourth-order valence-corrected chi connectivity index (χ4v) is 5.44. The van der Waals surface area contributed by atoms with E-state index in [1.165, 1.54) is 20.9 Å². The van der Waals surface area contributed by atoms with Gasteiger partial charge in [0.15, 0.2) is 17.1 Å². The lowest BCUT2D eigenvalue weighted by Gasteiger charge is -2.08. The van der Waals surface area contributed by atoms with Gasteiger partial charge in [0.25, 0.3) is 4.86 Å². The molecule has 0 heterocycles. The SMILES string of the molecule is Cc1ccc(C=NC2=CC=C=CC2=[S+]CCCSC2=C(N=Cc3ccc(C)cc3)CC=C=C2)cc1. The Morgan fingerprint density at radius 2 is 1.57 bits per heavy atom. The highest BCUT2D eigenvalue weighted by atomic mass is 32.2. The van der Waals surface area contributed by atoms with E-state index in [0.717, 1.165) is 46.9 Å². The van der Waals surface area contributed by atoms with Gasteiger partial charge < -0.3 is 0 Å². The van der Waals surface area contributed by atoms with Crippen LogP contribution in [0.25, 0.3) is 0 Å². The molecule has 4 heteroatoms. The van der Waals surface area contributed by atoms with Crippen LogP contribution in [0.2, 0.25) is 0 Å². The molecular weight excluding hydrogens is 464 g/mol.